The van der Waals surface area contributed by atoms with Crippen molar-refractivity contribution in [3.63, 3.8) is 0 Å². The van der Waals surface area contributed by atoms with Crippen molar-refractivity contribution >= 4 is 5.91 Å². The van der Waals surface area contributed by atoms with Gasteiger partial charge in [-0.1, -0.05) is 6.07 Å². The summed E-state index contributed by atoms with van der Waals surface area (Å²) in [5, 5.41) is 17.6. The number of ether oxygens (including phenoxy) is 1. The lowest BCUT2D eigenvalue weighted by Gasteiger charge is -2.29. The fourth-order valence-corrected chi connectivity index (χ4v) is 1.82. The van der Waals surface area contributed by atoms with E-state index >= 15 is 0 Å². The molecule has 1 heterocycles. The quantitative estimate of drug-likeness (QED) is 0.732. The first-order valence-corrected chi connectivity index (χ1v) is 5.55. The van der Waals surface area contributed by atoms with Gasteiger partial charge < -0.3 is 9.64 Å². The van der Waals surface area contributed by atoms with Gasteiger partial charge in [-0.2, -0.15) is 10.5 Å². The zero-order valence-corrected chi connectivity index (χ0v) is 9.67. The van der Waals surface area contributed by atoms with Crippen molar-refractivity contribution in [2.75, 3.05) is 19.7 Å². The minimum Gasteiger partial charge on any atom is -0.360 e. The van der Waals surface area contributed by atoms with Crippen LogP contribution in [0.3, 0.4) is 0 Å². The van der Waals surface area contributed by atoms with Gasteiger partial charge in [-0.25, -0.2) is 0 Å². The highest BCUT2D eigenvalue weighted by atomic mass is 16.5. The van der Waals surface area contributed by atoms with Crippen LogP contribution >= 0.6 is 0 Å². The van der Waals surface area contributed by atoms with Crippen LogP contribution in [0.25, 0.3) is 0 Å². The molecular formula is C13H11N3O2. The van der Waals surface area contributed by atoms with Gasteiger partial charge in [0.15, 0.2) is 6.10 Å². The standard InChI is InChI=1S/C13H11N3O2/c14-7-10-2-1-3-11(6-10)13(17)16-4-5-18-12(8-15)9-16/h1-3,6,12H,4-5,9H2. The first-order valence-electron chi connectivity index (χ1n) is 5.55. The van der Waals surface area contributed by atoms with Crippen LogP contribution in [0.15, 0.2) is 24.3 Å². The van der Waals surface area contributed by atoms with E-state index in [-0.39, 0.29) is 12.5 Å². The zero-order chi connectivity index (χ0) is 13.0. The summed E-state index contributed by atoms with van der Waals surface area (Å²) in [6.45, 7) is 1.10. The molecule has 0 N–H and O–H groups in total. The van der Waals surface area contributed by atoms with Crippen LogP contribution in [0.5, 0.6) is 0 Å². The first kappa shape index (κ1) is 12.1. The molecule has 90 valence electrons. The molecule has 1 saturated heterocycles. The Morgan fingerprint density at radius 2 is 2.28 bits per heavy atom. The largest absolute Gasteiger partial charge is 0.360 e. The molecule has 1 atom stereocenters. The van der Waals surface area contributed by atoms with Gasteiger partial charge in [0.1, 0.15) is 0 Å². The maximum Gasteiger partial charge on any atom is 0.254 e. The van der Waals surface area contributed by atoms with E-state index in [0.717, 1.165) is 0 Å². The number of rotatable bonds is 1. The zero-order valence-electron chi connectivity index (χ0n) is 9.67. The van der Waals surface area contributed by atoms with E-state index in [1.165, 1.54) is 0 Å². The summed E-state index contributed by atoms with van der Waals surface area (Å²) in [5.41, 5.74) is 0.915. The smallest absolute Gasteiger partial charge is 0.254 e. The van der Waals surface area contributed by atoms with Crippen LogP contribution in [0, 0.1) is 22.7 Å². The van der Waals surface area contributed by atoms with Gasteiger partial charge in [-0.05, 0) is 18.2 Å². The second-order valence-corrected chi connectivity index (χ2v) is 3.93. The second-order valence-electron chi connectivity index (χ2n) is 3.93. The van der Waals surface area contributed by atoms with Gasteiger partial charge in [0, 0.05) is 12.1 Å². The van der Waals surface area contributed by atoms with Crippen molar-refractivity contribution in [3.05, 3.63) is 35.4 Å². The van der Waals surface area contributed by atoms with E-state index in [4.69, 9.17) is 15.3 Å². The molecular weight excluding hydrogens is 230 g/mol. The first-order chi connectivity index (χ1) is 8.74. The Labute approximate surface area is 105 Å². The number of hydrogen-bond acceptors (Lipinski definition) is 4. The molecule has 1 fully saturated rings. The number of carbonyl (C=O) groups is 1. The summed E-state index contributed by atoms with van der Waals surface area (Å²) in [5.74, 6) is -0.171. The maximum absolute atomic E-state index is 12.2. The number of hydrogen-bond donors (Lipinski definition) is 0. The van der Waals surface area contributed by atoms with E-state index in [2.05, 4.69) is 0 Å². The van der Waals surface area contributed by atoms with Gasteiger partial charge in [-0.3, -0.25) is 4.79 Å². The summed E-state index contributed by atoms with van der Waals surface area (Å²) in [7, 11) is 0. The lowest BCUT2D eigenvalue weighted by atomic mass is 10.1. The van der Waals surface area contributed by atoms with E-state index in [9.17, 15) is 4.79 Å². The minimum absolute atomic E-state index is 0.171. The minimum atomic E-state index is -0.568. The molecule has 1 amide bonds. The van der Waals surface area contributed by atoms with E-state index in [0.29, 0.717) is 24.3 Å². The monoisotopic (exact) mass is 241 g/mol. The topological polar surface area (TPSA) is 77.1 Å². The Morgan fingerprint density at radius 3 is 3.00 bits per heavy atom. The highest BCUT2D eigenvalue weighted by molar-refractivity contribution is 5.94. The van der Waals surface area contributed by atoms with Gasteiger partial charge in [0.25, 0.3) is 5.91 Å². The molecule has 18 heavy (non-hydrogen) atoms. The number of nitriles is 2. The lowest BCUT2D eigenvalue weighted by Crippen LogP contribution is -2.45. The number of nitrogens with zero attached hydrogens (tertiary/aromatic N) is 3. The van der Waals surface area contributed by atoms with Gasteiger partial charge in [0.05, 0.1) is 30.9 Å². The predicted molar refractivity (Wildman–Crippen MR) is 62.4 cm³/mol. The molecule has 1 aromatic rings. The van der Waals surface area contributed by atoms with Gasteiger partial charge in [-0.15, -0.1) is 0 Å². The molecule has 0 aromatic heterocycles. The summed E-state index contributed by atoms with van der Waals surface area (Å²) in [6.07, 6.45) is -0.568. The van der Waals surface area contributed by atoms with Crippen molar-refractivity contribution in [1.82, 2.24) is 4.90 Å². The highest BCUT2D eigenvalue weighted by Gasteiger charge is 2.24. The fourth-order valence-electron chi connectivity index (χ4n) is 1.82. The molecule has 0 saturated carbocycles. The van der Waals surface area contributed by atoms with Crippen LogP contribution in [0.4, 0.5) is 0 Å². The summed E-state index contributed by atoms with van der Waals surface area (Å²) < 4.78 is 5.18. The average molecular weight is 241 g/mol. The molecule has 2 rings (SSSR count). The third-order valence-corrected chi connectivity index (χ3v) is 2.74. The predicted octanol–water partition coefficient (Wildman–Crippen LogP) is 0.923. The molecule has 1 unspecified atom stereocenters. The van der Waals surface area contributed by atoms with Gasteiger partial charge >= 0.3 is 0 Å². The van der Waals surface area contributed by atoms with Crippen LogP contribution in [0.1, 0.15) is 15.9 Å². The number of benzene rings is 1. The van der Waals surface area contributed by atoms with E-state index < -0.39 is 6.10 Å². The molecule has 0 aliphatic carbocycles. The van der Waals surface area contributed by atoms with Crippen molar-refractivity contribution in [1.29, 1.82) is 10.5 Å². The molecule has 0 bridgehead atoms. The fraction of sp³-hybridized carbons (Fsp3) is 0.308. The van der Waals surface area contributed by atoms with Crippen molar-refractivity contribution in [2.24, 2.45) is 0 Å². The van der Waals surface area contributed by atoms with Crippen LogP contribution < -0.4 is 0 Å². The Kier molecular flexibility index (Phi) is 3.57. The molecule has 0 radical (unpaired) electrons. The van der Waals surface area contributed by atoms with Crippen molar-refractivity contribution in [2.45, 2.75) is 6.10 Å². The molecule has 1 aliphatic rings. The van der Waals surface area contributed by atoms with E-state index in [1.807, 2.05) is 12.1 Å². The maximum atomic E-state index is 12.2. The Bertz CT molecular complexity index is 542. The normalized spacial score (nSPS) is 18.8. The molecule has 5 nitrogen and oxygen atoms in total. The van der Waals surface area contributed by atoms with Crippen LogP contribution in [-0.2, 0) is 4.74 Å². The molecule has 1 aromatic carbocycles. The van der Waals surface area contributed by atoms with Crippen LogP contribution in [0.2, 0.25) is 0 Å². The third-order valence-electron chi connectivity index (χ3n) is 2.74. The molecule has 5 heteroatoms. The summed E-state index contributed by atoms with van der Waals surface area (Å²) in [6, 6.07) is 10.5. The highest BCUT2D eigenvalue weighted by Crippen LogP contribution is 2.11. The number of morpholine rings is 1. The Morgan fingerprint density at radius 1 is 1.44 bits per heavy atom. The van der Waals surface area contributed by atoms with Crippen molar-refractivity contribution < 1.29 is 9.53 Å². The second kappa shape index (κ2) is 5.31. The van der Waals surface area contributed by atoms with Gasteiger partial charge in [0.2, 0.25) is 0 Å². The molecule has 1 aliphatic heterocycles. The number of carbonyl (C=O) groups excluding carboxylic acids is 1. The number of amides is 1. The Balaban J connectivity index is 2.16. The van der Waals surface area contributed by atoms with E-state index in [1.54, 1.807) is 29.2 Å². The average Bonchev–Trinajstić information content (AvgIpc) is 2.46. The SMILES string of the molecule is N#Cc1cccc(C(=O)N2CCOC(C#N)C2)c1. The molecule has 0 spiro atoms. The lowest BCUT2D eigenvalue weighted by molar-refractivity contribution is 0.00347. The van der Waals surface area contributed by atoms with Crippen molar-refractivity contribution in [3.8, 4) is 12.1 Å². The van der Waals surface area contributed by atoms with Crippen LogP contribution in [-0.4, -0.2) is 36.6 Å². The Hall–Kier alpha value is -2.37. The summed E-state index contributed by atoms with van der Waals surface area (Å²) in [4.78, 5) is 13.8. The summed E-state index contributed by atoms with van der Waals surface area (Å²) >= 11 is 0. The third kappa shape index (κ3) is 2.48.